The number of rotatable bonds is 4. The van der Waals surface area contributed by atoms with Crippen molar-refractivity contribution in [1.29, 1.82) is 0 Å². The number of benzene rings is 1. The van der Waals surface area contributed by atoms with Crippen molar-refractivity contribution >= 4 is 30.8 Å². The molecule has 1 saturated heterocycles. The van der Waals surface area contributed by atoms with Gasteiger partial charge in [0.1, 0.15) is 11.4 Å². The number of aromatic nitrogens is 5. The van der Waals surface area contributed by atoms with E-state index >= 15 is 0 Å². The summed E-state index contributed by atoms with van der Waals surface area (Å²) in [7, 11) is 0. The molecular weight excluding hydrogens is 449 g/mol. The first-order chi connectivity index (χ1) is 14.8. The topological polar surface area (TPSA) is 92.0 Å². The van der Waals surface area contributed by atoms with E-state index in [1.807, 2.05) is 18.3 Å². The van der Waals surface area contributed by atoms with Crippen LogP contribution in [0.5, 0.6) is 5.75 Å². The van der Waals surface area contributed by atoms with Crippen LogP contribution in [0.25, 0.3) is 22.4 Å². The second kappa shape index (κ2) is 9.21. The number of fused-ring (bicyclic) bond motifs is 1. The smallest absolute Gasteiger partial charge is 0.245 e. The number of nitrogens with one attached hydrogen (secondary N) is 1. The molecule has 10 heteroatoms. The predicted octanol–water partition coefficient (Wildman–Crippen LogP) is 3.09. The maximum atomic E-state index is 10.7. The van der Waals surface area contributed by atoms with Gasteiger partial charge in [-0.3, -0.25) is 4.68 Å². The van der Waals surface area contributed by atoms with E-state index < -0.39 is 0 Å². The Kier molecular flexibility index (Phi) is 6.55. The Morgan fingerprint density at radius 3 is 2.66 bits per heavy atom. The van der Waals surface area contributed by atoms with E-state index in [1.165, 1.54) is 18.5 Å². The van der Waals surface area contributed by atoms with Gasteiger partial charge in [0.05, 0.1) is 12.4 Å². The number of hydrogen-bond donors (Lipinski definition) is 2. The predicted molar refractivity (Wildman–Crippen MR) is 128 cm³/mol. The molecule has 4 heterocycles. The molecule has 0 bridgehead atoms. The van der Waals surface area contributed by atoms with E-state index in [-0.39, 0.29) is 30.6 Å². The van der Waals surface area contributed by atoms with Gasteiger partial charge < -0.3 is 15.3 Å². The number of aryl methyl sites for hydroxylation is 1. The van der Waals surface area contributed by atoms with Gasteiger partial charge in [-0.25, -0.2) is 4.98 Å². The van der Waals surface area contributed by atoms with Gasteiger partial charge in [0.15, 0.2) is 0 Å². The van der Waals surface area contributed by atoms with Crippen LogP contribution >= 0.6 is 24.8 Å². The molecule has 1 aromatic carbocycles. The van der Waals surface area contributed by atoms with Crippen LogP contribution in [0.2, 0.25) is 0 Å². The van der Waals surface area contributed by atoms with E-state index in [9.17, 15) is 5.11 Å². The second-order valence-corrected chi connectivity index (χ2v) is 8.55. The van der Waals surface area contributed by atoms with Gasteiger partial charge in [-0.1, -0.05) is 6.07 Å². The first kappa shape index (κ1) is 22.8. The highest BCUT2D eigenvalue weighted by Crippen LogP contribution is 2.36. The molecule has 0 amide bonds. The molecule has 1 aliphatic carbocycles. The molecule has 0 radical (unpaired) electrons. The minimum Gasteiger partial charge on any atom is -0.507 e. The zero-order valence-electron chi connectivity index (χ0n) is 17.6. The lowest BCUT2D eigenvalue weighted by Crippen LogP contribution is -2.52. The number of hydrogen-bond acceptors (Lipinski definition) is 7. The van der Waals surface area contributed by atoms with Crippen molar-refractivity contribution in [3.8, 4) is 28.1 Å². The number of nitrogens with zero attached hydrogens (tertiary/aromatic N) is 6. The lowest BCUT2D eigenvalue weighted by Gasteiger charge is -2.33. The summed E-state index contributed by atoms with van der Waals surface area (Å²) in [6.45, 7) is 3.75. The van der Waals surface area contributed by atoms with Gasteiger partial charge in [-0.15, -0.1) is 35.0 Å². The van der Waals surface area contributed by atoms with Crippen molar-refractivity contribution in [2.75, 3.05) is 24.5 Å². The van der Waals surface area contributed by atoms with Gasteiger partial charge >= 0.3 is 0 Å². The summed E-state index contributed by atoms with van der Waals surface area (Å²) in [4.78, 5) is 6.76. The maximum absolute atomic E-state index is 10.7. The maximum Gasteiger partial charge on any atom is 0.245 e. The number of phenols is 1. The van der Waals surface area contributed by atoms with Gasteiger partial charge in [-0.2, -0.15) is 5.10 Å². The normalized spacial score (nSPS) is 19.8. The minimum atomic E-state index is 0. The summed E-state index contributed by atoms with van der Waals surface area (Å²) in [5, 5.41) is 27.5. The monoisotopic (exact) mass is 475 g/mol. The molecule has 6 rings (SSSR count). The third-order valence-corrected chi connectivity index (χ3v) is 6.55. The summed E-state index contributed by atoms with van der Waals surface area (Å²) in [5.41, 5.74) is 4.54. The van der Waals surface area contributed by atoms with Crippen LogP contribution in [0.15, 0.2) is 30.6 Å². The molecule has 1 atom stereocenters. The number of halogens is 2. The first-order valence-corrected chi connectivity index (χ1v) is 10.8. The van der Waals surface area contributed by atoms with Crippen molar-refractivity contribution in [3.05, 3.63) is 36.3 Å². The van der Waals surface area contributed by atoms with Gasteiger partial charge in [0.2, 0.25) is 5.95 Å². The average Bonchev–Trinajstić information content (AvgIpc) is 3.40. The number of piperazine rings is 1. The van der Waals surface area contributed by atoms with Gasteiger partial charge in [0, 0.05) is 49.0 Å². The molecule has 3 aliphatic rings. The Morgan fingerprint density at radius 1 is 1.03 bits per heavy atom. The average molecular weight is 476 g/mol. The molecule has 1 saturated carbocycles. The first-order valence-electron chi connectivity index (χ1n) is 10.8. The zero-order valence-corrected chi connectivity index (χ0v) is 19.3. The van der Waals surface area contributed by atoms with Crippen LogP contribution in [-0.4, -0.2) is 55.7 Å². The fourth-order valence-electron chi connectivity index (χ4n) is 4.73. The van der Waals surface area contributed by atoms with Crippen LogP contribution in [0.1, 0.15) is 25.0 Å². The van der Waals surface area contributed by atoms with Gasteiger partial charge in [0.25, 0.3) is 0 Å². The molecule has 32 heavy (non-hydrogen) atoms. The highest BCUT2D eigenvalue weighted by Gasteiger charge is 2.34. The minimum absolute atomic E-state index is 0. The van der Waals surface area contributed by atoms with E-state index in [2.05, 4.69) is 35.2 Å². The highest BCUT2D eigenvalue weighted by molar-refractivity contribution is 5.85. The Balaban J connectivity index is 0.00000122. The van der Waals surface area contributed by atoms with E-state index in [0.29, 0.717) is 23.2 Å². The van der Waals surface area contributed by atoms with Crippen molar-refractivity contribution in [3.63, 3.8) is 0 Å². The van der Waals surface area contributed by atoms with Crippen LogP contribution in [0.4, 0.5) is 5.95 Å². The lowest BCUT2D eigenvalue weighted by atomic mass is 10.0. The third kappa shape index (κ3) is 4.14. The molecule has 2 aliphatic heterocycles. The molecule has 0 unspecified atom stereocenters. The Hall–Kier alpha value is -2.42. The Morgan fingerprint density at radius 2 is 1.91 bits per heavy atom. The van der Waals surface area contributed by atoms with E-state index in [4.69, 9.17) is 0 Å². The Bertz CT molecular complexity index is 1080. The molecule has 2 N–H and O–H groups in total. The SMILES string of the molecule is Cl.Cl.Oc1cc(-c2cnn3c2CCC3)ccc1-c1cnc(N2CCN[C@@H](C3CC3)C2)nn1. The number of phenolic OH excluding ortho intramolecular Hbond substituents is 1. The molecule has 2 fully saturated rings. The summed E-state index contributed by atoms with van der Waals surface area (Å²) in [5.74, 6) is 1.65. The summed E-state index contributed by atoms with van der Waals surface area (Å²) in [6, 6.07) is 6.22. The molecule has 2 aromatic heterocycles. The molecule has 170 valence electrons. The molecular formula is C22H27Cl2N7O. The number of anilines is 1. The van der Waals surface area contributed by atoms with Crippen LogP contribution in [0, 0.1) is 5.92 Å². The van der Waals surface area contributed by atoms with Crippen molar-refractivity contribution in [2.45, 2.75) is 38.3 Å². The van der Waals surface area contributed by atoms with Crippen molar-refractivity contribution < 1.29 is 5.11 Å². The van der Waals surface area contributed by atoms with Crippen molar-refractivity contribution in [1.82, 2.24) is 30.3 Å². The zero-order chi connectivity index (χ0) is 20.1. The van der Waals surface area contributed by atoms with Crippen LogP contribution in [-0.2, 0) is 13.0 Å². The quantitative estimate of drug-likeness (QED) is 0.598. The molecule has 0 spiro atoms. The largest absolute Gasteiger partial charge is 0.507 e. The fourth-order valence-corrected chi connectivity index (χ4v) is 4.73. The standard InChI is InChI=1S/C22H25N7O.2ClH/c30-21-10-15(17-11-25-29-8-1-2-20(17)29)5-6-16(21)18-12-24-22(27-26-18)28-9-7-23-19(13-28)14-3-4-14;;/h5-6,10-12,14,19,23,30H,1-4,7-9,13H2;2*1H/t19-;;/m1../s1. The summed E-state index contributed by atoms with van der Waals surface area (Å²) < 4.78 is 2.05. The van der Waals surface area contributed by atoms with Crippen LogP contribution in [0.3, 0.4) is 0 Å². The van der Waals surface area contributed by atoms with E-state index in [1.54, 1.807) is 12.3 Å². The third-order valence-electron chi connectivity index (χ3n) is 6.55. The second-order valence-electron chi connectivity index (χ2n) is 8.55. The Labute approximate surface area is 199 Å². The fraction of sp³-hybridized carbons (Fsp3) is 0.455. The summed E-state index contributed by atoms with van der Waals surface area (Å²) >= 11 is 0. The van der Waals surface area contributed by atoms with Crippen molar-refractivity contribution in [2.24, 2.45) is 5.92 Å². The number of aromatic hydroxyl groups is 1. The van der Waals surface area contributed by atoms with E-state index in [0.717, 1.165) is 56.1 Å². The summed E-state index contributed by atoms with van der Waals surface area (Å²) in [6.07, 6.45) is 8.40. The highest BCUT2D eigenvalue weighted by atomic mass is 35.5. The molecule has 8 nitrogen and oxygen atoms in total. The van der Waals surface area contributed by atoms with Gasteiger partial charge in [-0.05, 0) is 49.3 Å². The molecule has 3 aromatic rings. The lowest BCUT2D eigenvalue weighted by molar-refractivity contribution is 0.414. The van der Waals surface area contributed by atoms with Crippen LogP contribution < -0.4 is 10.2 Å².